The van der Waals surface area contributed by atoms with Crippen LogP contribution in [0.4, 0.5) is 17.2 Å². The number of carbonyl (C=O) groups excluding carboxylic acids is 2. The number of aromatic nitrogens is 3. The Morgan fingerprint density at radius 2 is 2.00 bits per heavy atom. The first-order valence-corrected chi connectivity index (χ1v) is 12.0. The number of aliphatic hydroxyl groups is 1. The first-order valence-electron chi connectivity index (χ1n) is 11.2. The van der Waals surface area contributed by atoms with E-state index in [4.69, 9.17) is 4.74 Å². The summed E-state index contributed by atoms with van der Waals surface area (Å²) >= 11 is 1.36. The summed E-state index contributed by atoms with van der Waals surface area (Å²) in [6.07, 6.45) is 3.33. The predicted molar refractivity (Wildman–Crippen MR) is 143 cm³/mol. The minimum Gasteiger partial charge on any atom is -0.494 e. The van der Waals surface area contributed by atoms with Crippen LogP contribution in [0.3, 0.4) is 0 Å². The van der Waals surface area contributed by atoms with Crippen molar-refractivity contribution in [2.75, 3.05) is 17.7 Å². The SMILES string of the molecule is BC(B)(B)NC(=O)c1nnc(NC(=O)C2CC2)cc1Nc1cccc(-c2ncc(CO)s2)c1OC. The van der Waals surface area contributed by atoms with E-state index in [2.05, 4.69) is 31.1 Å². The molecule has 3 aromatic rings. The van der Waals surface area contributed by atoms with Crippen LogP contribution in [-0.2, 0) is 11.4 Å². The molecule has 1 saturated carbocycles. The smallest absolute Gasteiger partial charge is 0.272 e. The third-order valence-corrected chi connectivity index (χ3v) is 6.14. The van der Waals surface area contributed by atoms with Crippen LogP contribution in [0, 0.1) is 5.92 Å². The molecule has 4 N–H and O–H groups in total. The Kier molecular flexibility index (Phi) is 7.13. The van der Waals surface area contributed by atoms with Crippen LogP contribution >= 0.6 is 11.3 Å². The Morgan fingerprint density at radius 1 is 1.23 bits per heavy atom. The Bertz CT molecular complexity index is 1260. The molecule has 1 aliphatic carbocycles. The number of nitrogens with one attached hydrogen (secondary N) is 3. The van der Waals surface area contributed by atoms with Crippen LogP contribution < -0.4 is 20.7 Å². The van der Waals surface area contributed by atoms with Gasteiger partial charge in [-0.25, -0.2) is 4.98 Å². The molecular formula is C21H25B3N6O4S. The lowest BCUT2D eigenvalue weighted by atomic mass is 9.49. The molecule has 0 saturated heterocycles. The van der Waals surface area contributed by atoms with E-state index in [-0.39, 0.29) is 29.9 Å². The molecule has 10 nitrogen and oxygen atoms in total. The van der Waals surface area contributed by atoms with Crippen LogP contribution in [-0.4, -0.2) is 68.0 Å². The van der Waals surface area contributed by atoms with Crippen molar-refractivity contribution >= 4 is 63.9 Å². The minimum atomic E-state index is -0.484. The molecule has 0 bridgehead atoms. The van der Waals surface area contributed by atoms with Gasteiger partial charge in [0.2, 0.25) is 5.91 Å². The molecule has 0 spiro atoms. The summed E-state index contributed by atoms with van der Waals surface area (Å²) in [5.74, 6) is 0.236. The summed E-state index contributed by atoms with van der Waals surface area (Å²) in [4.78, 5) is 30.4. The molecule has 14 heteroatoms. The quantitative estimate of drug-likeness (QED) is 0.293. The number of thiazole rings is 1. The molecule has 2 heterocycles. The summed E-state index contributed by atoms with van der Waals surface area (Å²) in [5.41, 5.74) is 1.74. The van der Waals surface area contributed by atoms with Crippen molar-refractivity contribution in [1.29, 1.82) is 0 Å². The first kappa shape index (κ1) is 24.7. The number of amides is 2. The molecule has 178 valence electrons. The third kappa shape index (κ3) is 6.01. The highest BCUT2D eigenvalue weighted by atomic mass is 32.1. The molecule has 2 amide bonds. The van der Waals surface area contributed by atoms with Crippen LogP contribution in [0.1, 0.15) is 28.2 Å². The van der Waals surface area contributed by atoms with Crippen LogP contribution in [0.2, 0.25) is 0 Å². The number of para-hydroxylation sites is 1. The van der Waals surface area contributed by atoms with Crippen molar-refractivity contribution in [3.63, 3.8) is 0 Å². The molecule has 35 heavy (non-hydrogen) atoms. The van der Waals surface area contributed by atoms with Gasteiger partial charge in [0.05, 0.1) is 35.5 Å². The fourth-order valence-corrected chi connectivity index (χ4v) is 4.16. The number of carbonyl (C=O) groups is 2. The molecule has 1 aromatic carbocycles. The van der Waals surface area contributed by atoms with Crippen molar-refractivity contribution in [2.45, 2.75) is 24.7 Å². The molecule has 0 unspecified atom stereocenters. The number of benzene rings is 1. The van der Waals surface area contributed by atoms with E-state index in [9.17, 15) is 14.7 Å². The Labute approximate surface area is 209 Å². The zero-order valence-corrected chi connectivity index (χ0v) is 20.8. The number of ether oxygens (including phenoxy) is 1. The summed E-state index contributed by atoms with van der Waals surface area (Å²) in [5, 5.41) is 26.7. The van der Waals surface area contributed by atoms with E-state index in [1.54, 1.807) is 25.4 Å². The maximum Gasteiger partial charge on any atom is 0.272 e. The summed E-state index contributed by atoms with van der Waals surface area (Å²) in [6.45, 7) is -0.0950. The summed E-state index contributed by atoms with van der Waals surface area (Å²) < 4.78 is 5.70. The molecule has 4 rings (SSSR count). The van der Waals surface area contributed by atoms with Gasteiger partial charge in [-0.15, -0.1) is 21.5 Å². The fourth-order valence-electron chi connectivity index (χ4n) is 3.36. The Hall–Kier alpha value is -3.38. The number of hydrogen-bond donors (Lipinski definition) is 4. The number of anilines is 3. The lowest BCUT2D eigenvalue weighted by Crippen LogP contribution is -2.50. The van der Waals surface area contributed by atoms with E-state index in [0.717, 1.165) is 23.3 Å². The highest BCUT2D eigenvalue weighted by molar-refractivity contribution is 7.15. The van der Waals surface area contributed by atoms with Gasteiger partial charge < -0.3 is 25.8 Å². The lowest BCUT2D eigenvalue weighted by Gasteiger charge is -2.22. The van der Waals surface area contributed by atoms with Crippen molar-refractivity contribution in [2.24, 2.45) is 5.92 Å². The summed E-state index contributed by atoms with van der Waals surface area (Å²) in [6, 6.07) is 7.09. The number of nitrogens with zero attached hydrogens (tertiary/aromatic N) is 3. The van der Waals surface area contributed by atoms with E-state index in [1.165, 1.54) is 11.3 Å². The molecular weight excluding hydrogens is 465 g/mol. The topological polar surface area (TPSA) is 138 Å². The van der Waals surface area contributed by atoms with Gasteiger partial charge in [-0.3, -0.25) is 9.59 Å². The number of aliphatic hydroxyl groups excluding tert-OH is 1. The van der Waals surface area contributed by atoms with Crippen LogP contribution in [0.25, 0.3) is 10.6 Å². The third-order valence-electron chi connectivity index (χ3n) is 5.13. The van der Waals surface area contributed by atoms with Crippen LogP contribution in [0.5, 0.6) is 5.75 Å². The van der Waals surface area contributed by atoms with Gasteiger partial charge in [0, 0.05) is 18.2 Å². The zero-order valence-electron chi connectivity index (χ0n) is 20.0. The average Bonchev–Trinajstić information content (AvgIpc) is 3.55. The van der Waals surface area contributed by atoms with E-state index in [0.29, 0.717) is 22.1 Å². The fraction of sp³-hybridized carbons (Fsp3) is 0.286. The van der Waals surface area contributed by atoms with Gasteiger partial charge in [0.1, 0.15) is 28.5 Å². The van der Waals surface area contributed by atoms with Crippen molar-refractivity contribution in [1.82, 2.24) is 20.5 Å². The largest absolute Gasteiger partial charge is 0.494 e. The van der Waals surface area contributed by atoms with E-state index in [1.807, 2.05) is 35.7 Å². The summed E-state index contributed by atoms with van der Waals surface area (Å²) in [7, 11) is 7.16. The van der Waals surface area contributed by atoms with Gasteiger partial charge in [0.25, 0.3) is 5.91 Å². The number of methoxy groups -OCH3 is 1. The Morgan fingerprint density at radius 3 is 2.63 bits per heavy atom. The first-order chi connectivity index (χ1) is 16.7. The second-order valence-electron chi connectivity index (χ2n) is 9.26. The zero-order chi connectivity index (χ0) is 25.2. The molecule has 1 fully saturated rings. The minimum absolute atomic E-state index is 0.00374. The maximum atomic E-state index is 13.0. The second kappa shape index (κ2) is 10.1. The highest BCUT2D eigenvalue weighted by Crippen LogP contribution is 2.40. The average molecular weight is 490 g/mol. The highest BCUT2D eigenvalue weighted by Gasteiger charge is 2.30. The predicted octanol–water partition coefficient (Wildman–Crippen LogP) is -0.567. The Balaban J connectivity index is 1.72. The van der Waals surface area contributed by atoms with Gasteiger partial charge >= 0.3 is 0 Å². The normalized spacial score (nSPS) is 13.2. The van der Waals surface area contributed by atoms with E-state index < -0.39 is 11.1 Å². The van der Waals surface area contributed by atoms with Crippen molar-refractivity contribution in [3.05, 3.63) is 41.0 Å². The number of hydrogen-bond acceptors (Lipinski definition) is 9. The molecule has 0 radical (unpaired) electrons. The second-order valence-corrected chi connectivity index (χ2v) is 10.4. The van der Waals surface area contributed by atoms with Gasteiger partial charge in [0.15, 0.2) is 17.3 Å². The molecule has 2 aromatic heterocycles. The molecule has 0 aliphatic heterocycles. The van der Waals surface area contributed by atoms with Crippen molar-refractivity contribution < 1.29 is 19.4 Å². The van der Waals surface area contributed by atoms with Gasteiger partial charge in [-0.2, -0.15) is 0 Å². The van der Waals surface area contributed by atoms with E-state index >= 15 is 0 Å². The number of rotatable bonds is 9. The van der Waals surface area contributed by atoms with Gasteiger partial charge in [-0.1, -0.05) is 6.07 Å². The van der Waals surface area contributed by atoms with Gasteiger partial charge in [-0.05, 0) is 30.2 Å². The standard InChI is InChI=1S/C21H25B3N6O4S/c1-34-17-12(20-25-8-11(9-31)35-20)3-2-4-13(17)26-14-7-15(27-18(32)10-5-6-10)29-30-16(14)19(33)28-21(22,23)24/h2-4,7-8,10,31H,5-6,9,22-24H2,1H3,(H,28,33)(H2,26,27,29,32). The lowest BCUT2D eigenvalue weighted by molar-refractivity contribution is -0.117. The molecule has 0 atom stereocenters. The maximum absolute atomic E-state index is 13.0. The van der Waals surface area contributed by atoms with Crippen molar-refractivity contribution in [3.8, 4) is 16.3 Å². The molecule has 1 aliphatic rings. The van der Waals surface area contributed by atoms with Crippen LogP contribution in [0.15, 0.2) is 30.5 Å². The monoisotopic (exact) mass is 490 g/mol.